The van der Waals surface area contributed by atoms with Gasteiger partial charge in [0.05, 0.1) is 17.7 Å². The van der Waals surface area contributed by atoms with Crippen LogP contribution in [-0.2, 0) is 14.3 Å². The molecule has 1 atom stereocenters. The summed E-state index contributed by atoms with van der Waals surface area (Å²) in [5.41, 5.74) is 5.96. The number of esters is 1. The van der Waals surface area contributed by atoms with E-state index in [4.69, 9.17) is 22.1 Å². The van der Waals surface area contributed by atoms with E-state index < -0.39 is 18.0 Å². The number of carbonyl (C=O) groups is 2. The summed E-state index contributed by atoms with van der Waals surface area (Å²) in [6.07, 6.45) is -0.753. The molecule has 0 heterocycles. The summed E-state index contributed by atoms with van der Waals surface area (Å²) in [6, 6.07) is 4.49. The number of rotatable bonds is 5. The highest BCUT2D eigenvalue weighted by atomic mass is 35.5. The molecule has 0 fully saturated rings. The Balaban J connectivity index is 2.91. The average Bonchev–Trinajstić information content (AvgIpc) is 2.41. The second-order valence-electron chi connectivity index (χ2n) is 3.64. The molecule has 7 heteroatoms. The summed E-state index contributed by atoms with van der Waals surface area (Å²) in [7, 11) is 2.64. The SMILES string of the molecule is COC(=O)c1cc(NC(=O)C(CN)OC)ccc1Cl. The van der Waals surface area contributed by atoms with E-state index in [9.17, 15) is 9.59 Å². The normalized spacial score (nSPS) is 11.8. The minimum Gasteiger partial charge on any atom is -0.465 e. The van der Waals surface area contributed by atoms with Gasteiger partial charge in [0.1, 0.15) is 6.10 Å². The van der Waals surface area contributed by atoms with Gasteiger partial charge in [-0.1, -0.05) is 11.6 Å². The highest BCUT2D eigenvalue weighted by molar-refractivity contribution is 6.33. The minimum absolute atomic E-state index is 0.0553. The lowest BCUT2D eigenvalue weighted by atomic mass is 10.2. The second-order valence-corrected chi connectivity index (χ2v) is 4.04. The van der Waals surface area contributed by atoms with E-state index in [0.29, 0.717) is 5.69 Å². The molecule has 0 aliphatic heterocycles. The van der Waals surface area contributed by atoms with Crippen LogP contribution in [0.15, 0.2) is 18.2 Å². The lowest BCUT2D eigenvalue weighted by Gasteiger charge is -2.13. The number of nitrogens with two attached hydrogens (primary N) is 1. The molecule has 0 aliphatic rings. The van der Waals surface area contributed by atoms with Crippen LogP contribution in [0.4, 0.5) is 5.69 Å². The van der Waals surface area contributed by atoms with E-state index in [1.165, 1.54) is 26.4 Å². The van der Waals surface area contributed by atoms with Crippen LogP contribution in [0, 0.1) is 0 Å². The molecule has 0 saturated heterocycles. The van der Waals surface area contributed by atoms with Gasteiger partial charge in [0.2, 0.25) is 0 Å². The quantitative estimate of drug-likeness (QED) is 0.789. The molecule has 1 aromatic rings. The average molecular weight is 287 g/mol. The maximum absolute atomic E-state index is 11.7. The van der Waals surface area contributed by atoms with E-state index >= 15 is 0 Å². The molecular formula is C12H15ClN2O4. The summed E-state index contributed by atoms with van der Waals surface area (Å²) >= 11 is 5.87. The Bertz CT molecular complexity index is 475. The van der Waals surface area contributed by atoms with Crippen molar-refractivity contribution < 1.29 is 19.1 Å². The van der Waals surface area contributed by atoms with Crippen molar-refractivity contribution in [1.29, 1.82) is 0 Å². The van der Waals surface area contributed by atoms with Crippen LogP contribution in [0.25, 0.3) is 0 Å². The van der Waals surface area contributed by atoms with Crippen molar-refractivity contribution in [2.45, 2.75) is 6.10 Å². The molecule has 3 N–H and O–H groups in total. The lowest BCUT2D eigenvalue weighted by molar-refractivity contribution is -0.125. The van der Waals surface area contributed by atoms with Gasteiger partial charge < -0.3 is 20.5 Å². The van der Waals surface area contributed by atoms with E-state index in [0.717, 1.165) is 0 Å². The molecule has 0 aromatic heterocycles. The van der Waals surface area contributed by atoms with Gasteiger partial charge in [-0.25, -0.2) is 4.79 Å². The highest BCUT2D eigenvalue weighted by Crippen LogP contribution is 2.21. The van der Waals surface area contributed by atoms with Gasteiger partial charge in [-0.15, -0.1) is 0 Å². The zero-order chi connectivity index (χ0) is 14.4. The lowest BCUT2D eigenvalue weighted by Crippen LogP contribution is -2.35. The first-order valence-corrected chi connectivity index (χ1v) is 5.82. The second kappa shape index (κ2) is 7.08. The third kappa shape index (κ3) is 3.92. The van der Waals surface area contributed by atoms with Crippen molar-refractivity contribution in [2.75, 3.05) is 26.1 Å². The smallest absolute Gasteiger partial charge is 0.339 e. The maximum atomic E-state index is 11.7. The summed E-state index contributed by atoms with van der Waals surface area (Å²) < 4.78 is 9.49. The fourth-order valence-corrected chi connectivity index (χ4v) is 1.60. The number of hydrogen-bond acceptors (Lipinski definition) is 5. The van der Waals surface area contributed by atoms with Crippen LogP contribution in [0.2, 0.25) is 5.02 Å². The predicted molar refractivity (Wildman–Crippen MR) is 71.3 cm³/mol. The van der Waals surface area contributed by atoms with Crippen molar-refractivity contribution in [3.8, 4) is 0 Å². The molecule has 0 saturated carbocycles. The standard InChI is InChI=1S/C12H15ClN2O4/c1-18-10(6-14)11(16)15-7-3-4-9(13)8(5-7)12(17)19-2/h3-5,10H,6,14H2,1-2H3,(H,15,16). The van der Waals surface area contributed by atoms with Crippen LogP contribution in [-0.4, -0.2) is 38.7 Å². The maximum Gasteiger partial charge on any atom is 0.339 e. The van der Waals surface area contributed by atoms with Crippen molar-refractivity contribution in [3.05, 3.63) is 28.8 Å². The number of benzene rings is 1. The Kier molecular flexibility index (Phi) is 5.75. The number of methoxy groups -OCH3 is 2. The minimum atomic E-state index is -0.753. The Morgan fingerprint density at radius 1 is 1.42 bits per heavy atom. The number of nitrogens with one attached hydrogen (secondary N) is 1. The van der Waals surface area contributed by atoms with Crippen molar-refractivity contribution in [1.82, 2.24) is 0 Å². The van der Waals surface area contributed by atoms with Crippen LogP contribution in [0.5, 0.6) is 0 Å². The summed E-state index contributed by atoms with van der Waals surface area (Å²) in [5, 5.41) is 2.82. The molecule has 104 valence electrons. The van der Waals surface area contributed by atoms with Crippen LogP contribution in [0.3, 0.4) is 0 Å². The van der Waals surface area contributed by atoms with Crippen molar-refractivity contribution >= 4 is 29.2 Å². The van der Waals surface area contributed by atoms with Gasteiger partial charge in [-0.05, 0) is 18.2 Å². The van der Waals surface area contributed by atoms with Crippen LogP contribution < -0.4 is 11.1 Å². The van der Waals surface area contributed by atoms with E-state index in [2.05, 4.69) is 10.1 Å². The first-order valence-electron chi connectivity index (χ1n) is 5.45. The number of ether oxygens (including phenoxy) is 2. The Morgan fingerprint density at radius 2 is 2.11 bits per heavy atom. The van der Waals surface area contributed by atoms with Crippen molar-refractivity contribution in [2.24, 2.45) is 5.73 Å². The monoisotopic (exact) mass is 286 g/mol. The molecule has 1 aromatic carbocycles. The van der Waals surface area contributed by atoms with Crippen molar-refractivity contribution in [3.63, 3.8) is 0 Å². The Morgan fingerprint density at radius 3 is 2.63 bits per heavy atom. The first-order chi connectivity index (χ1) is 9.03. The van der Waals surface area contributed by atoms with E-state index in [-0.39, 0.29) is 17.1 Å². The molecule has 0 aliphatic carbocycles. The topological polar surface area (TPSA) is 90.7 Å². The van der Waals surface area contributed by atoms with Gasteiger partial charge in [0.15, 0.2) is 0 Å². The third-order valence-corrected chi connectivity index (χ3v) is 2.76. The number of carbonyl (C=O) groups excluding carboxylic acids is 2. The van der Waals surface area contributed by atoms with Crippen LogP contribution >= 0.6 is 11.6 Å². The fraction of sp³-hybridized carbons (Fsp3) is 0.333. The number of hydrogen-bond donors (Lipinski definition) is 2. The summed E-state index contributed by atoms with van der Waals surface area (Å²) in [5.74, 6) is -0.980. The molecule has 0 bridgehead atoms. The molecule has 1 rings (SSSR count). The van der Waals surface area contributed by atoms with Gasteiger partial charge in [-0.3, -0.25) is 4.79 Å². The molecule has 0 radical (unpaired) electrons. The summed E-state index contributed by atoms with van der Waals surface area (Å²) in [6.45, 7) is 0.0553. The molecule has 1 unspecified atom stereocenters. The Hall–Kier alpha value is -1.63. The highest BCUT2D eigenvalue weighted by Gasteiger charge is 2.17. The van der Waals surface area contributed by atoms with Gasteiger partial charge in [-0.2, -0.15) is 0 Å². The van der Waals surface area contributed by atoms with Gasteiger partial charge in [0, 0.05) is 19.3 Å². The van der Waals surface area contributed by atoms with Crippen LogP contribution in [0.1, 0.15) is 10.4 Å². The van der Waals surface area contributed by atoms with E-state index in [1.54, 1.807) is 6.07 Å². The summed E-state index contributed by atoms with van der Waals surface area (Å²) in [4.78, 5) is 23.2. The molecular weight excluding hydrogens is 272 g/mol. The molecule has 6 nitrogen and oxygen atoms in total. The molecule has 1 amide bonds. The molecule has 19 heavy (non-hydrogen) atoms. The van der Waals surface area contributed by atoms with Gasteiger partial charge in [0.25, 0.3) is 5.91 Å². The third-order valence-electron chi connectivity index (χ3n) is 2.43. The number of amides is 1. The largest absolute Gasteiger partial charge is 0.465 e. The zero-order valence-electron chi connectivity index (χ0n) is 10.6. The molecule has 0 spiro atoms. The Labute approximate surface area is 115 Å². The number of halogens is 1. The van der Waals surface area contributed by atoms with Gasteiger partial charge >= 0.3 is 5.97 Å². The first kappa shape index (κ1) is 15.4. The predicted octanol–water partition coefficient (Wildman–Crippen LogP) is 1.04. The zero-order valence-corrected chi connectivity index (χ0v) is 11.4. The van der Waals surface area contributed by atoms with E-state index in [1.807, 2.05) is 0 Å². The number of anilines is 1. The fourth-order valence-electron chi connectivity index (χ4n) is 1.40.